The molecule has 172 valence electrons. The van der Waals surface area contributed by atoms with Gasteiger partial charge in [-0.3, -0.25) is 4.79 Å². The normalized spacial score (nSPS) is 11.5. The molecule has 3 aromatic rings. The van der Waals surface area contributed by atoms with Gasteiger partial charge in [-0.25, -0.2) is 4.79 Å². The van der Waals surface area contributed by atoms with Crippen LogP contribution in [0.4, 0.5) is 5.69 Å². The summed E-state index contributed by atoms with van der Waals surface area (Å²) in [7, 11) is 1.27. The van der Waals surface area contributed by atoms with E-state index in [1.165, 1.54) is 18.7 Å². The van der Waals surface area contributed by atoms with E-state index in [0.717, 1.165) is 17.5 Å². The first-order valence-electron chi connectivity index (χ1n) is 10.8. The molecule has 0 saturated carbocycles. The van der Waals surface area contributed by atoms with Crippen LogP contribution < -0.4 is 16.4 Å². The summed E-state index contributed by atoms with van der Waals surface area (Å²) < 4.78 is 4.85. The minimum atomic E-state index is -0.882. The second kappa shape index (κ2) is 11.7. The quantitative estimate of drug-likeness (QED) is 0.281. The van der Waals surface area contributed by atoms with E-state index in [0.29, 0.717) is 18.8 Å². The number of amides is 1. The molecule has 1 atom stereocenters. The van der Waals surface area contributed by atoms with E-state index in [9.17, 15) is 14.7 Å². The van der Waals surface area contributed by atoms with Gasteiger partial charge in [-0.1, -0.05) is 54.6 Å². The number of phenolic OH excluding ortho intramolecular Hbond substituents is 1. The highest BCUT2D eigenvalue weighted by Crippen LogP contribution is 2.22. The maximum Gasteiger partial charge on any atom is 0.328 e. The zero-order valence-electron chi connectivity index (χ0n) is 18.6. The second-order valence-electron chi connectivity index (χ2n) is 7.68. The summed E-state index contributed by atoms with van der Waals surface area (Å²) >= 11 is 0. The SMILES string of the molecule is COC(=O)[C@H](Cc1ccccc1)NC(=O)c1cc(NCc2ccc(CCN)cc2)ccc1O. The molecule has 3 aromatic carbocycles. The average molecular weight is 448 g/mol. The summed E-state index contributed by atoms with van der Waals surface area (Å²) in [6, 6.07) is 21.3. The van der Waals surface area contributed by atoms with Crippen LogP contribution in [0.5, 0.6) is 5.75 Å². The van der Waals surface area contributed by atoms with Crippen molar-refractivity contribution < 1.29 is 19.4 Å². The lowest BCUT2D eigenvalue weighted by Gasteiger charge is -2.17. The number of hydrogen-bond donors (Lipinski definition) is 4. The van der Waals surface area contributed by atoms with Crippen LogP contribution in [0.3, 0.4) is 0 Å². The number of ether oxygens (including phenoxy) is 1. The van der Waals surface area contributed by atoms with Crippen LogP contribution in [0, 0.1) is 0 Å². The van der Waals surface area contributed by atoms with Crippen molar-refractivity contribution in [2.45, 2.75) is 25.4 Å². The van der Waals surface area contributed by atoms with E-state index >= 15 is 0 Å². The van der Waals surface area contributed by atoms with Crippen molar-refractivity contribution in [1.29, 1.82) is 0 Å². The summed E-state index contributed by atoms with van der Waals surface area (Å²) in [4.78, 5) is 25.1. The second-order valence-corrected chi connectivity index (χ2v) is 7.68. The average Bonchev–Trinajstić information content (AvgIpc) is 2.84. The van der Waals surface area contributed by atoms with Gasteiger partial charge < -0.3 is 26.2 Å². The fraction of sp³-hybridized carbons (Fsp3) is 0.231. The van der Waals surface area contributed by atoms with E-state index in [-0.39, 0.29) is 17.7 Å². The Bertz CT molecular complexity index is 1070. The van der Waals surface area contributed by atoms with Crippen molar-refractivity contribution in [2.75, 3.05) is 19.0 Å². The summed E-state index contributed by atoms with van der Waals surface area (Å²) in [6.07, 6.45) is 1.11. The number of aromatic hydroxyl groups is 1. The monoisotopic (exact) mass is 447 g/mol. The first-order chi connectivity index (χ1) is 16.0. The Hall–Kier alpha value is -3.84. The molecule has 0 aromatic heterocycles. The molecule has 7 heteroatoms. The van der Waals surface area contributed by atoms with Crippen LogP contribution in [-0.4, -0.2) is 36.7 Å². The van der Waals surface area contributed by atoms with Gasteiger partial charge in [-0.05, 0) is 47.9 Å². The number of carbonyl (C=O) groups is 2. The molecule has 0 aliphatic rings. The lowest BCUT2D eigenvalue weighted by Crippen LogP contribution is -2.43. The molecule has 33 heavy (non-hydrogen) atoms. The Balaban J connectivity index is 1.68. The summed E-state index contributed by atoms with van der Waals surface area (Å²) in [5.41, 5.74) is 9.46. The highest BCUT2D eigenvalue weighted by Gasteiger charge is 2.24. The summed E-state index contributed by atoms with van der Waals surface area (Å²) in [5.74, 6) is -1.29. The predicted molar refractivity (Wildman–Crippen MR) is 128 cm³/mol. The van der Waals surface area contributed by atoms with Crippen molar-refractivity contribution in [3.63, 3.8) is 0 Å². The van der Waals surface area contributed by atoms with E-state index in [1.54, 1.807) is 12.1 Å². The van der Waals surface area contributed by atoms with Gasteiger partial charge in [-0.15, -0.1) is 0 Å². The van der Waals surface area contributed by atoms with Crippen molar-refractivity contribution in [1.82, 2.24) is 5.32 Å². The molecule has 0 radical (unpaired) electrons. The molecule has 0 heterocycles. The molecule has 7 nitrogen and oxygen atoms in total. The molecule has 0 aliphatic heterocycles. The lowest BCUT2D eigenvalue weighted by atomic mass is 10.0. The largest absolute Gasteiger partial charge is 0.507 e. The minimum absolute atomic E-state index is 0.0697. The number of phenols is 1. The number of methoxy groups -OCH3 is 1. The highest BCUT2D eigenvalue weighted by atomic mass is 16.5. The molecule has 0 spiro atoms. The number of anilines is 1. The van der Waals surface area contributed by atoms with E-state index in [2.05, 4.69) is 10.6 Å². The zero-order chi connectivity index (χ0) is 23.6. The van der Waals surface area contributed by atoms with Crippen LogP contribution in [0.25, 0.3) is 0 Å². The topological polar surface area (TPSA) is 114 Å². The lowest BCUT2D eigenvalue weighted by molar-refractivity contribution is -0.142. The van der Waals surface area contributed by atoms with E-state index < -0.39 is 17.9 Å². The van der Waals surface area contributed by atoms with Crippen molar-refractivity contribution in [3.05, 3.63) is 95.1 Å². The standard InChI is InChI=1S/C26H29N3O4/c1-33-26(32)23(15-19-5-3-2-4-6-19)29-25(31)22-16-21(11-12-24(22)30)28-17-20-9-7-18(8-10-20)13-14-27/h2-12,16,23,28,30H,13-15,17,27H2,1H3,(H,29,31)/t23-/m0/s1. The molecule has 0 fully saturated rings. The van der Waals surface area contributed by atoms with Crippen molar-refractivity contribution in [3.8, 4) is 5.75 Å². The Morgan fingerprint density at radius 3 is 2.33 bits per heavy atom. The fourth-order valence-corrected chi connectivity index (χ4v) is 3.44. The molecule has 3 rings (SSSR count). The Kier molecular flexibility index (Phi) is 8.43. The van der Waals surface area contributed by atoms with Crippen molar-refractivity contribution in [2.24, 2.45) is 5.73 Å². The molecule has 0 unspecified atom stereocenters. The number of nitrogens with two attached hydrogens (primary N) is 1. The van der Waals surface area contributed by atoms with Crippen LogP contribution in [0.2, 0.25) is 0 Å². The van der Waals surface area contributed by atoms with E-state index in [4.69, 9.17) is 10.5 Å². The van der Waals surface area contributed by atoms with Gasteiger partial charge in [0.2, 0.25) is 0 Å². The van der Waals surface area contributed by atoms with E-state index in [1.807, 2.05) is 54.6 Å². The van der Waals surface area contributed by atoms with Gasteiger partial charge in [-0.2, -0.15) is 0 Å². The highest BCUT2D eigenvalue weighted by molar-refractivity contribution is 5.99. The van der Waals surface area contributed by atoms with Gasteiger partial charge in [0.1, 0.15) is 11.8 Å². The third-order valence-corrected chi connectivity index (χ3v) is 5.27. The molecule has 0 aliphatic carbocycles. The van der Waals surface area contributed by atoms with Gasteiger partial charge >= 0.3 is 5.97 Å². The van der Waals surface area contributed by atoms with Crippen LogP contribution in [-0.2, 0) is 28.9 Å². The minimum Gasteiger partial charge on any atom is -0.507 e. The number of esters is 1. The Labute approximate surface area is 193 Å². The maximum absolute atomic E-state index is 12.9. The van der Waals surface area contributed by atoms with Crippen molar-refractivity contribution >= 4 is 17.6 Å². The zero-order valence-corrected chi connectivity index (χ0v) is 18.6. The molecule has 0 bridgehead atoms. The predicted octanol–water partition coefficient (Wildman–Crippen LogP) is 3.02. The number of hydrogen-bond acceptors (Lipinski definition) is 6. The number of benzene rings is 3. The van der Waals surface area contributed by atoms with Gasteiger partial charge in [0, 0.05) is 18.7 Å². The number of nitrogens with one attached hydrogen (secondary N) is 2. The third kappa shape index (κ3) is 6.82. The Morgan fingerprint density at radius 1 is 0.970 bits per heavy atom. The summed E-state index contributed by atoms with van der Waals surface area (Å²) in [6.45, 7) is 1.16. The van der Waals surface area contributed by atoms with Crippen LogP contribution >= 0.6 is 0 Å². The first kappa shape index (κ1) is 23.8. The molecule has 0 saturated heterocycles. The molecular formula is C26H29N3O4. The molecule has 1 amide bonds. The van der Waals surface area contributed by atoms with Crippen LogP contribution in [0.15, 0.2) is 72.8 Å². The smallest absolute Gasteiger partial charge is 0.328 e. The van der Waals surface area contributed by atoms with Gasteiger partial charge in [0.25, 0.3) is 5.91 Å². The first-order valence-corrected chi connectivity index (χ1v) is 10.8. The van der Waals surface area contributed by atoms with Crippen LogP contribution in [0.1, 0.15) is 27.0 Å². The maximum atomic E-state index is 12.9. The molecule has 5 N–H and O–H groups in total. The summed E-state index contributed by atoms with van der Waals surface area (Å²) in [5, 5.41) is 16.2. The van der Waals surface area contributed by atoms with Gasteiger partial charge in [0.15, 0.2) is 0 Å². The third-order valence-electron chi connectivity index (χ3n) is 5.27. The number of carbonyl (C=O) groups excluding carboxylic acids is 2. The molecular weight excluding hydrogens is 418 g/mol. The fourth-order valence-electron chi connectivity index (χ4n) is 3.44. The Morgan fingerprint density at radius 2 is 1.67 bits per heavy atom. The van der Waals surface area contributed by atoms with Gasteiger partial charge in [0.05, 0.1) is 12.7 Å². The number of rotatable bonds is 10.